The van der Waals surface area contributed by atoms with Crippen molar-refractivity contribution in [2.75, 3.05) is 31.9 Å². The third kappa shape index (κ3) is 5.86. The maximum absolute atomic E-state index is 13.0. The molecule has 2 aromatic rings. The molecular formula is C28H37N3O2S. The molecule has 0 radical (unpaired) electrons. The van der Waals surface area contributed by atoms with Crippen LogP contribution in [-0.4, -0.2) is 44.0 Å². The van der Waals surface area contributed by atoms with Crippen LogP contribution in [0.1, 0.15) is 38.8 Å². The van der Waals surface area contributed by atoms with Crippen LogP contribution in [0.25, 0.3) is 0 Å². The second kappa shape index (κ2) is 11.2. The monoisotopic (exact) mass is 479 g/mol. The van der Waals surface area contributed by atoms with Crippen LogP contribution in [0, 0.1) is 0 Å². The molecule has 3 rings (SSSR count). The molecule has 5 nitrogen and oxygen atoms in total. The van der Waals surface area contributed by atoms with E-state index in [0.29, 0.717) is 12.2 Å². The lowest BCUT2D eigenvalue weighted by molar-refractivity contribution is -0.120. The Kier molecular flexibility index (Phi) is 8.50. The summed E-state index contributed by atoms with van der Waals surface area (Å²) >= 11 is 1.70. The number of hydrogen-bond donors (Lipinski definition) is 1. The van der Waals surface area contributed by atoms with Crippen molar-refractivity contribution in [1.29, 1.82) is 0 Å². The number of nitrogens with zero attached hydrogens (tertiary/aromatic N) is 2. The average molecular weight is 480 g/mol. The first-order valence-electron chi connectivity index (χ1n) is 11.7. The van der Waals surface area contributed by atoms with Gasteiger partial charge in [-0.1, -0.05) is 45.0 Å². The van der Waals surface area contributed by atoms with Crippen LogP contribution in [0.5, 0.6) is 0 Å². The Balaban J connectivity index is 1.82. The first-order chi connectivity index (χ1) is 16.2. The summed E-state index contributed by atoms with van der Waals surface area (Å²) in [6.45, 7) is 10.1. The van der Waals surface area contributed by atoms with Crippen molar-refractivity contribution in [2.24, 2.45) is 0 Å². The molecule has 0 spiro atoms. The highest BCUT2D eigenvalue weighted by Crippen LogP contribution is 2.31. The van der Waals surface area contributed by atoms with Gasteiger partial charge < -0.3 is 19.9 Å². The Morgan fingerprint density at radius 2 is 1.85 bits per heavy atom. The minimum Gasteiger partial charge on any atom is -0.356 e. The summed E-state index contributed by atoms with van der Waals surface area (Å²) in [5.74, 6) is -0.119. The lowest BCUT2D eigenvalue weighted by Gasteiger charge is -2.39. The molecule has 1 aliphatic heterocycles. The fraction of sp³-hybridized carbons (Fsp3) is 0.393. The van der Waals surface area contributed by atoms with Crippen LogP contribution in [-0.2, 0) is 21.5 Å². The molecule has 1 unspecified atom stereocenters. The van der Waals surface area contributed by atoms with Gasteiger partial charge in [0, 0.05) is 37.8 Å². The van der Waals surface area contributed by atoms with Crippen molar-refractivity contribution in [3.63, 3.8) is 0 Å². The largest absolute Gasteiger partial charge is 0.356 e. The van der Waals surface area contributed by atoms with E-state index in [0.717, 1.165) is 23.5 Å². The molecule has 1 amide bonds. The fourth-order valence-electron chi connectivity index (χ4n) is 4.10. The van der Waals surface area contributed by atoms with Crippen LogP contribution in [0.4, 0.5) is 5.69 Å². The van der Waals surface area contributed by atoms with E-state index in [1.165, 1.54) is 10.5 Å². The minimum atomic E-state index is -0.371. The second-order valence-corrected chi connectivity index (χ2v) is 10.3. The van der Waals surface area contributed by atoms with Crippen LogP contribution in [0.15, 0.2) is 77.0 Å². The summed E-state index contributed by atoms with van der Waals surface area (Å²) in [6, 6.07) is 16.9. The topological polar surface area (TPSA) is 44.8 Å². The summed E-state index contributed by atoms with van der Waals surface area (Å²) in [4.78, 5) is 18.4. The molecule has 6 heteroatoms. The predicted octanol–water partition coefficient (Wildman–Crippen LogP) is 5.53. The summed E-state index contributed by atoms with van der Waals surface area (Å²) in [7, 11) is 3.59. The van der Waals surface area contributed by atoms with Crippen molar-refractivity contribution >= 4 is 23.4 Å². The van der Waals surface area contributed by atoms with Crippen molar-refractivity contribution in [3.05, 3.63) is 83.2 Å². The molecule has 0 aromatic heterocycles. The molecule has 0 aliphatic carbocycles. The zero-order valence-electron chi connectivity index (χ0n) is 21.4. The molecule has 0 saturated carbocycles. The highest BCUT2D eigenvalue weighted by molar-refractivity contribution is 7.98. The minimum absolute atomic E-state index is 0.0642. The molecule has 0 saturated heterocycles. The van der Waals surface area contributed by atoms with E-state index < -0.39 is 0 Å². The van der Waals surface area contributed by atoms with Crippen LogP contribution >= 0.6 is 11.8 Å². The van der Waals surface area contributed by atoms with Crippen molar-refractivity contribution < 1.29 is 9.53 Å². The number of carbonyl (C=O) groups is 1. The maximum Gasteiger partial charge on any atom is 0.267 e. The standard InChI is InChI=1S/C28H37N3O2S/c1-8-31(22-11-9-10-21(18-22)28(2,3)4)25-17-16-24(30(5)27(25)33-6)26(32)29-19-20-12-14-23(34-7)15-13-20/h9-18,27H,8,19H2,1-7H3,(H,29,32). The maximum atomic E-state index is 13.0. The summed E-state index contributed by atoms with van der Waals surface area (Å²) < 4.78 is 5.88. The Morgan fingerprint density at radius 3 is 2.44 bits per heavy atom. The molecule has 1 atom stereocenters. The number of allylic oxidation sites excluding steroid dienone is 2. The number of likely N-dealkylation sites (N-methyl/N-ethyl adjacent to an activating group) is 2. The van der Waals surface area contributed by atoms with Crippen molar-refractivity contribution in [1.82, 2.24) is 10.2 Å². The fourth-order valence-corrected chi connectivity index (χ4v) is 4.51. The van der Waals surface area contributed by atoms with Gasteiger partial charge in [0.15, 0.2) is 6.23 Å². The van der Waals surface area contributed by atoms with Gasteiger partial charge in [0.2, 0.25) is 0 Å². The van der Waals surface area contributed by atoms with Gasteiger partial charge in [0.25, 0.3) is 5.91 Å². The molecule has 1 N–H and O–H groups in total. The highest BCUT2D eigenvalue weighted by atomic mass is 32.2. The van der Waals surface area contributed by atoms with Gasteiger partial charge in [-0.2, -0.15) is 0 Å². The third-order valence-corrected chi connectivity index (χ3v) is 6.86. The van der Waals surface area contributed by atoms with E-state index in [1.54, 1.807) is 18.9 Å². The Morgan fingerprint density at radius 1 is 1.15 bits per heavy atom. The molecule has 0 bridgehead atoms. The Hall–Kier alpha value is -2.70. The lowest BCUT2D eigenvalue weighted by atomic mass is 9.87. The first-order valence-corrected chi connectivity index (χ1v) is 12.9. The summed E-state index contributed by atoms with van der Waals surface area (Å²) in [6.07, 6.45) is 5.57. The normalized spacial score (nSPS) is 16.1. The number of anilines is 1. The zero-order chi connectivity index (χ0) is 24.9. The number of methoxy groups -OCH3 is 1. The number of hydrogen-bond acceptors (Lipinski definition) is 5. The molecule has 2 aromatic carbocycles. The number of amides is 1. The number of benzene rings is 2. The average Bonchev–Trinajstić information content (AvgIpc) is 2.83. The Labute approximate surface area is 208 Å². The lowest BCUT2D eigenvalue weighted by Crippen LogP contribution is -2.46. The van der Waals surface area contributed by atoms with E-state index in [4.69, 9.17) is 4.74 Å². The number of rotatable bonds is 8. The highest BCUT2D eigenvalue weighted by Gasteiger charge is 2.31. The zero-order valence-corrected chi connectivity index (χ0v) is 22.2. The summed E-state index contributed by atoms with van der Waals surface area (Å²) in [5, 5.41) is 3.04. The van der Waals surface area contributed by atoms with Crippen LogP contribution in [0.3, 0.4) is 0 Å². The van der Waals surface area contributed by atoms with E-state index in [1.807, 2.05) is 36.2 Å². The van der Waals surface area contributed by atoms with E-state index in [2.05, 4.69) is 80.6 Å². The van der Waals surface area contributed by atoms with Crippen molar-refractivity contribution in [2.45, 2.75) is 50.8 Å². The van der Waals surface area contributed by atoms with Gasteiger partial charge in [-0.25, -0.2) is 0 Å². The quantitative estimate of drug-likeness (QED) is 0.504. The number of ether oxygens (including phenoxy) is 1. The number of nitrogens with one attached hydrogen (secondary N) is 1. The van der Waals surface area contributed by atoms with Gasteiger partial charge in [-0.05, 0) is 66.1 Å². The van der Waals surface area contributed by atoms with Gasteiger partial charge in [-0.15, -0.1) is 11.8 Å². The molecule has 34 heavy (non-hydrogen) atoms. The molecule has 1 heterocycles. The van der Waals surface area contributed by atoms with Crippen LogP contribution < -0.4 is 10.2 Å². The molecule has 0 fully saturated rings. The van der Waals surface area contributed by atoms with Crippen molar-refractivity contribution in [3.8, 4) is 0 Å². The second-order valence-electron chi connectivity index (χ2n) is 9.42. The number of carbonyl (C=O) groups excluding carboxylic acids is 1. The SMILES string of the molecule is CCN(C1=CC=C(C(=O)NCc2ccc(SC)cc2)N(C)C1OC)c1cccc(C(C)(C)C)c1. The third-order valence-electron chi connectivity index (χ3n) is 6.12. The van der Waals surface area contributed by atoms with Crippen LogP contribution in [0.2, 0.25) is 0 Å². The predicted molar refractivity (Wildman–Crippen MR) is 143 cm³/mol. The smallest absolute Gasteiger partial charge is 0.267 e. The van der Waals surface area contributed by atoms with Gasteiger partial charge in [0.05, 0.1) is 5.70 Å². The molecule has 182 valence electrons. The molecule has 1 aliphatic rings. The first kappa shape index (κ1) is 25.9. The van der Waals surface area contributed by atoms with Gasteiger partial charge in [0.1, 0.15) is 5.70 Å². The van der Waals surface area contributed by atoms with Gasteiger partial charge in [-0.3, -0.25) is 4.79 Å². The van der Waals surface area contributed by atoms with E-state index >= 15 is 0 Å². The molecular weight excluding hydrogens is 442 g/mol. The van der Waals surface area contributed by atoms with Gasteiger partial charge >= 0.3 is 0 Å². The number of thioether (sulfide) groups is 1. The van der Waals surface area contributed by atoms with E-state index in [9.17, 15) is 4.79 Å². The van der Waals surface area contributed by atoms with E-state index in [-0.39, 0.29) is 17.6 Å². The Bertz CT molecular complexity index is 1050. The summed E-state index contributed by atoms with van der Waals surface area (Å²) in [5.41, 5.74) is 5.11.